The van der Waals surface area contributed by atoms with Crippen molar-refractivity contribution in [3.05, 3.63) is 28.8 Å². The van der Waals surface area contributed by atoms with Crippen LogP contribution in [0.3, 0.4) is 0 Å². The van der Waals surface area contributed by atoms with Crippen LogP contribution in [0.2, 0.25) is 5.02 Å². The van der Waals surface area contributed by atoms with Crippen LogP contribution in [0.15, 0.2) is 18.2 Å². The van der Waals surface area contributed by atoms with Crippen LogP contribution in [-0.4, -0.2) is 0 Å². The van der Waals surface area contributed by atoms with Gasteiger partial charge in [0.1, 0.15) is 0 Å². The number of hydrazine groups is 1. The van der Waals surface area contributed by atoms with Crippen LogP contribution in [0.1, 0.15) is 31.2 Å². The minimum Gasteiger partial charge on any atom is -0.324 e. The molecule has 1 aliphatic carbocycles. The Bertz CT molecular complexity index is 332. The van der Waals surface area contributed by atoms with Crippen molar-refractivity contribution in [1.82, 2.24) is 0 Å². The quantitative estimate of drug-likeness (QED) is 0.611. The number of anilines is 1. The van der Waals surface area contributed by atoms with Crippen LogP contribution in [0.5, 0.6) is 0 Å². The molecule has 0 heterocycles. The molecule has 0 amide bonds. The van der Waals surface area contributed by atoms with Crippen LogP contribution in [0.25, 0.3) is 0 Å². The fraction of sp³-hybridized carbons (Fsp3) is 0.500. The Kier molecular flexibility index (Phi) is 3.49. The van der Waals surface area contributed by atoms with Gasteiger partial charge in [0.05, 0.1) is 5.69 Å². The predicted octanol–water partition coefficient (Wildman–Crippen LogP) is 3.36. The first-order valence-corrected chi connectivity index (χ1v) is 5.92. The van der Waals surface area contributed by atoms with E-state index < -0.39 is 0 Å². The third-order valence-electron chi connectivity index (χ3n) is 3.21. The van der Waals surface area contributed by atoms with E-state index in [1.165, 1.54) is 31.2 Å². The summed E-state index contributed by atoms with van der Waals surface area (Å²) in [6.45, 7) is 0. The largest absolute Gasteiger partial charge is 0.324 e. The van der Waals surface area contributed by atoms with Gasteiger partial charge in [-0.25, -0.2) is 0 Å². The number of hydrogen-bond donors (Lipinski definition) is 2. The predicted molar refractivity (Wildman–Crippen MR) is 64.9 cm³/mol. The number of nitrogens with one attached hydrogen (secondary N) is 1. The summed E-state index contributed by atoms with van der Waals surface area (Å²) in [6.07, 6.45) is 6.59. The molecule has 2 nitrogen and oxygen atoms in total. The number of rotatable bonds is 3. The van der Waals surface area contributed by atoms with Gasteiger partial charge in [-0.05, 0) is 30.0 Å². The molecule has 0 bridgehead atoms. The lowest BCUT2D eigenvalue weighted by Crippen LogP contribution is -2.10. The minimum absolute atomic E-state index is 0.734. The lowest BCUT2D eigenvalue weighted by Gasteiger charge is -2.13. The summed E-state index contributed by atoms with van der Waals surface area (Å²) in [7, 11) is 0. The maximum atomic E-state index is 5.92. The second-order valence-electron chi connectivity index (χ2n) is 4.30. The van der Waals surface area contributed by atoms with Crippen LogP contribution < -0.4 is 11.3 Å². The zero-order valence-corrected chi connectivity index (χ0v) is 9.56. The Morgan fingerprint density at radius 3 is 2.73 bits per heavy atom. The summed E-state index contributed by atoms with van der Waals surface area (Å²) in [4.78, 5) is 0. The Hall–Kier alpha value is -0.730. The SMILES string of the molecule is NNc1cc(Cl)ccc1CC1CCCC1. The van der Waals surface area contributed by atoms with Crippen molar-refractivity contribution in [3.63, 3.8) is 0 Å². The Morgan fingerprint density at radius 1 is 1.33 bits per heavy atom. The third-order valence-corrected chi connectivity index (χ3v) is 3.45. The van der Waals surface area contributed by atoms with Crippen molar-refractivity contribution in [2.45, 2.75) is 32.1 Å². The molecule has 1 aliphatic rings. The van der Waals surface area contributed by atoms with Crippen molar-refractivity contribution >= 4 is 17.3 Å². The van der Waals surface area contributed by atoms with E-state index in [1.54, 1.807) is 0 Å². The highest BCUT2D eigenvalue weighted by Crippen LogP contribution is 2.31. The van der Waals surface area contributed by atoms with Gasteiger partial charge < -0.3 is 5.43 Å². The second-order valence-corrected chi connectivity index (χ2v) is 4.74. The monoisotopic (exact) mass is 224 g/mol. The molecule has 1 saturated carbocycles. The van der Waals surface area contributed by atoms with Crippen molar-refractivity contribution in [2.75, 3.05) is 5.43 Å². The number of hydrogen-bond acceptors (Lipinski definition) is 2. The fourth-order valence-corrected chi connectivity index (χ4v) is 2.56. The van der Waals surface area contributed by atoms with Crippen molar-refractivity contribution in [2.24, 2.45) is 11.8 Å². The van der Waals surface area contributed by atoms with E-state index in [0.717, 1.165) is 23.0 Å². The standard InChI is InChI=1S/C12H17ClN2/c13-11-6-5-10(12(8-11)15-14)7-9-3-1-2-4-9/h5-6,8-9,15H,1-4,7,14H2. The molecule has 0 radical (unpaired) electrons. The number of benzene rings is 1. The molecule has 0 aliphatic heterocycles. The van der Waals surface area contributed by atoms with E-state index in [1.807, 2.05) is 12.1 Å². The summed E-state index contributed by atoms with van der Waals surface area (Å²) in [5, 5.41) is 0.734. The summed E-state index contributed by atoms with van der Waals surface area (Å²) in [5.41, 5.74) is 4.98. The molecule has 2 rings (SSSR count). The van der Waals surface area contributed by atoms with E-state index in [4.69, 9.17) is 17.4 Å². The van der Waals surface area contributed by atoms with Gasteiger partial charge in [-0.2, -0.15) is 0 Å². The zero-order chi connectivity index (χ0) is 10.7. The number of nitrogens with two attached hydrogens (primary N) is 1. The average Bonchev–Trinajstić information content (AvgIpc) is 2.73. The summed E-state index contributed by atoms with van der Waals surface area (Å²) >= 11 is 5.92. The van der Waals surface area contributed by atoms with E-state index in [-0.39, 0.29) is 0 Å². The highest BCUT2D eigenvalue weighted by atomic mass is 35.5. The maximum absolute atomic E-state index is 5.92. The van der Waals surface area contributed by atoms with E-state index in [2.05, 4.69) is 11.5 Å². The number of halogens is 1. The van der Waals surface area contributed by atoms with E-state index in [0.29, 0.717) is 0 Å². The molecule has 3 N–H and O–H groups in total. The van der Waals surface area contributed by atoms with Gasteiger partial charge in [-0.15, -0.1) is 0 Å². The molecular formula is C12H17ClN2. The Balaban J connectivity index is 2.12. The van der Waals surface area contributed by atoms with E-state index >= 15 is 0 Å². The van der Waals surface area contributed by atoms with Gasteiger partial charge in [0.25, 0.3) is 0 Å². The first-order valence-electron chi connectivity index (χ1n) is 5.54. The molecule has 0 unspecified atom stereocenters. The lowest BCUT2D eigenvalue weighted by atomic mass is 9.97. The summed E-state index contributed by atoms with van der Waals surface area (Å²) in [6, 6.07) is 5.91. The first-order chi connectivity index (χ1) is 7.29. The topological polar surface area (TPSA) is 38.0 Å². The summed E-state index contributed by atoms with van der Waals surface area (Å²) < 4.78 is 0. The average molecular weight is 225 g/mol. The molecule has 0 saturated heterocycles. The molecule has 15 heavy (non-hydrogen) atoms. The minimum atomic E-state index is 0.734. The molecule has 1 aromatic carbocycles. The first kappa shape index (κ1) is 10.8. The molecule has 0 aromatic heterocycles. The molecule has 1 fully saturated rings. The highest BCUT2D eigenvalue weighted by Gasteiger charge is 2.16. The fourth-order valence-electron chi connectivity index (χ4n) is 2.39. The van der Waals surface area contributed by atoms with Crippen LogP contribution in [-0.2, 0) is 6.42 Å². The Morgan fingerprint density at radius 2 is 2.07 bits per heavy atom. The van der Waals surface area contributed by atoms with Gasteiger partial charge in [-0.3, -0.25) is 5.84 Å². The third kappa shape index (κ3) is 2.64. The van der Waals surface area contributed by atoms with Gasteiger partial charge in [0.2, 0.25) is 0 Å². The second kappa shape index (κ2) is 4.86. The molecule has 1 aromatic rings. The van der Waals surface area contributed by atoms with Gasteiger partial charge >= 0.3 is 0 Å². The smallest absolute Gasteiger partial charge is 0.0531 e. The molecular weight excluding hydrogens is 208 g/mol. The van der Waals surface area contributed by atoms with Crippen LogP contribution >= 0.6 is 11.6 Å². The van der Waals surface area contributed by atoms with Crippen LogP contribution in [0.4, 0.5) is 5.69 Å². The lowest BCUT2D eigenvalue weighted by molar-refractivity contribution is 0.547. The number of nitrogen functional groups attached to an aromatic ring is 1. The van der Waals surface area contributed by atoms with Gasteiger partial charge in [0.15, 0.2) is 0 Å². The maximum Gasteiger partial charge on any atom is 0.0531 e. The van der Waals surface area contributed by atoms with E-state index in [9.17, 15) is 0 Å². The van der Waals surface area contributed by atoms with Crippen molar-refractivity contribution in [1.29, 1.82) is 0 Å². The molecule has 0 spiro atoms. The van der Waals surface area contributed by atoms with Crippen LogP contribution in [0, 0.1) is 5.92 Å². The highest BCUT2D eigenvalue weighted by molar-refractivity contribution is 6.30. The van der Waals surface area contributed by atoms with Crippen molar-refractivity contribution in [3.8, 4) is 0 Å². The normalized spacial score (nSPS) is 16.9. The Labute approximate surface area is 95.8 Å². The molecule has 0 atom stereocenters. The summed E-state index contributed by atoms with van der Waals surface area (Å²) in [5.74, 6) is 6.32. The van der Waals surface area contributed by atoms with Crippen molar-refractivity contribution < 1.29 is 0 Å². The zero-order valence-electron chi connectivity index (χ0n) is 8.80. The molecule has 82 valence electrons. The van der Waals surface area contributed by atoms with Gasteiger partial charge in [0, 0.05) is 5.02 Å². The molecule has 3 heteroatoms. The van der Waals surface area contributed by atoms with Gasteiger partial charge in [-0.1, -0.05) is 43.4 Å².